The number of carboxylic acid groups (broad SMARTS) is 4. The van der Waals surface area contributed by atoms with Gasteiger partial charge in [0.15, 0.2) is 0 Å². The van der Waals surface area contributed by atoms with Gasteiger partial charge < -0.3 is 51.1 Å². The molecule has 0 fully saturated rings. The molecule has 0 radical (unpaired) electrons. The minimum absolute atomic E-state index is 0. The van der Waals surface area contributed by atoms with Crippen LogP contribution in [0.15, 0.2) is 0 Å². The van der Waals surface area contributed by atoms with E-state index in [2.05, 4.69) is 0 Å². The zero-order valence-corrected chi connectivity index (χ0v) is 12.4. The Kier molecular flexibility index (Phi) is 15.9. The average Bonchev–Trinajstić information content (AvgIpc) is 2.33. The van der Waals surface area contributed by atoms with E-state index in [1.54, 1.807) is 0 Å². The molecule has 0 bridgehead atoms. The molecular formula is C10H13MgN2O8-3. The number of hydrogen-bond donors (Lipinski definition) is 0. The first-order chi connectivity index (χ1) is 9.07. The molecule has 0 saturated heterocycles. The number of rotatable bonds is 8. The molecule has 0 saturated carbocycles. The molecule has 10 nitrogen and oxygen atoms in total. The summed E-state index contributed by atoms with van der Waals surface area (Å²) in [5, 5.41) is 39.0. The molecule has 0 amide bonds. The van der Waals surface area contributed by atoms with E-state index < -0.39 is 48.8 Å². The van der Waals surface area contributed by atoms with Crippen LogP contribution < -0.4 is 20.4 Å². The Bertz CT molecular complexity index is 335. The van der Waals surface area contributed by atoms with Gasteiger partial charge in [-0.1, -0.05) is 24.9 Å². The van der Waals surface area contributed by atoms with Crippen molar-refractivity contribution in [2.24, 2.45) is 0 Å². The average molecular weight is 314 g/mol. The number of hydrogen-bond acceptors (Lipinski definition) is 8. The zero-order valence-electron chi connectivity index (χ0n) is 12.0. The van der Waals surface area contributed by atoms with Gasteiger partial charge in [0, 0.05) is 23.9 Å². The minimum Gasteiger partial charge on any atom is -0.670 e. The van der Waals surface area contributed by atoms with E-state index in [1.807, 2.05) is 0 Å². The first-order valence-corrected chi connectivity index (χ1v) is 5.31. The molecule has 11 heteroatoms. The van der Waals surface area contributed by atoms with Crippen molar-refractivity contribution in [3.8, 4) is 0 Å². The van der Waals surface area contributed by atoms with Crippen LogP contribution >= 0.6 is 0 Å². The summed E-state index contributed by atoms with van der Waals surface area (Å²) < 4.78 is 0. The van der Waals surface area contributed by atoms with Crippen molar-refractivity contribution < 1.29 is 41.0 Å². The Balaban J connectivity index is -0.000000135. The van der Waals surface area contributed by atoms with Gasteiger partial charge in [0.05, 0.1) is 0 Å². The van der Waals surface area contributed by atoms with Gasteiger partial charge in [-0.3, -0.25) is 0 Å². The number of nitrogens with one attached hydrogen (secondary N) is 2. The van der Waals surface area contributed by atoms with Gasteiger partial charge in [-0.2, -0.15) is 0 Å². The summed E-state index contributed by atoms with van der Waals surface area (Å²) >= 11 is 0. The Hall–Kier alpha value is -1.43. The predicted octanol–water partition coefficient (Wildman–Crippen LogP) is -4.89. The Morgan fingerprint density at radius 1 is 0.762 bits per heavy atom. The van der Waals surface area contributed by atoms with E-state index in [0.717, 1.165) is 0 Å². The third kappa shape index (κ3) is 18.6. The van der Waals surface area contributed by atoms with Gasteiger partial charge in [-0.15, -0.1) is 0 Å². The smallest absolute Gasteiger partial charge is 0.670 e. The Morgan fingerprint density at radius 3 is 1.14 bits per heavy atom. The number of carbonyl (C=O) groups is 4. The van der Waals surface area contributed by atoms with Crippen LogP contribution in [0, 0.1) is 0 Å². The number of carboxylic acids is 4. The van der Waals surface area contributed by atoms with Crippen molar-refractivity contribution >= 4 is 46.9 Å². The van der Waals surface area contributed by atoms with Crippen molar-refractivity contribution in [2.45, 2.75) is 37.8 Å². The third-order valence-corrected chi connectivity index (χ3v) is 1.84. The largest absolute Gasteiger partial charge is 2.00 e. The molecular weight excluding hydrogens is 300 g/mol. The van der Waals surface area contributed by atoms with Crippen LogP contribution in [0.2, 0.25) is 0 Å². The van der Waals surface area contributed by atoms with Crippen LogP contribution in [-0.2, 0) is 19.2 Å². The molecule has 0 aromatic rings. The van der Waals surface area contributed by atoms with Crippen molar-refractivity contribution in [1.29, 1.82) is 0 Å². The topological polar surface area (TPSA) is 208 Å². The molecule has 2 N–H and O–H groups in total. The van der Waals surface area contributed by atoms with Gasteiger partial charge >= 0.3 is 24.5 Å². The molecule has 2 unspecified atom stereocenters. The fraction of sp³-hybridized carbons (Fsp3) is 0.600. The second-order valence-corrected chi connectivity index (χ2v) is 3.56. The summed E-state index contributed by atoms with van der Waals surface area (Å²) in [6.45, 7) is 0. The third-order valence-electron chi connectivity index (χ3n) is 1.84. The molecule has 0 aromatic carbocycles. The van der Waals surface area contributed by atoms with Gasteiger partial charge in [0.25, 0.3) is 0 Å². The molecule has 0 spiro atoms. The van der Waals surface area contributed by atoms with E-state index in [4.69, 9.17) is 11.5 Å². The van der Waals surface area contributed by atoms with E-state index in [9.17, 15) is 39.6 Å². The molecule has 0 rings (SSSR count). The summed E-state index contributed by atoms with van der Waals surface area (Å²) in [6.07, 6.45) is -1.35. The molecule has 0 aromatic heterocycles. The molecule has 0 heterocycles. The van der Waals surface area contributed by atoms with Crippen molar-refractivity contribution in [2.75, 3.05) is 0 Å². The second kappa shape index (κ2) is 13.5. The molecule has 0 aliphatic carbocycles. The van der Waals surface area contributed by atoms with E-state index in [0.29, 0.717) is 0 Å². The van der Waals surface area contributed by atoms with Gasteiger partial charge in [0.1, 0.15) is 0 Å². The van der Waals surface area contributed by atoms with Gasteiger partial charge in [0.2, 0.25) is 0 Å². The molecule has 21 heavy (non-hydrogen) atoms. The Labute approximate surface area is 137 Å². The zero-order chi connectivity index (χ0) is 16.3. The van der Waals surface area contributed by atoms with Crippen LogP contribution in [0.25, 0.3) is 11.5 Å². The van der Waals surface area contributed by atoms with Crippen molar-refractivity contribution in [3.63, 3.8) is 0 Å². The van der Waals surface area contributed by atoms with Crippen molar-refractivity contribution in [1.82, 2.24) is 0 Å². The van der Waals surface area contributed by atoms with Gasteiger partial charge in [-0.05, 0) is 12.8 Å². The maximum absolute atomic E-state index is 9.80. The molecule has 2 atom stereocenters. The minimum atomic E-state index is -1.55. The molecule has 116 valence electrons. The van der Waals surface area contributed by atoms with E-state index >= 15 is 0 Å². The van der Waals surface area contributed by atoms with E-state index in [-0.39, 0.29) is 37.3 Å². The summed E-state index contributed by atoms with van der Waals surface area (Å²) in [7, 11) is 0. The second-order valence-electron chi connectivity index (χ2n) is 3.56. The van der Waals surface area contributed by atoms with E-state index in [1.165, 1.54) is 0 Å². The monoisotopic (exact) mass is 313 g/mol. The maximum atomic E-state index is 9.80. The normalized spacial score (nSPS) is 11.9. The number of carbonyl (C=O) groups excluding carboxylic acids is 4. The summed E-state index contributed by atoms with van der Waals surface area (Å²) in [5.74, 6) is -5.81. The summed E-state index contributed by atoms with van der Waals surface area (Å²) in [5.41, 5.74) is 13.3. The predicted molar refractivity (Wildman–Crippen MR) is 61.6 cm³/mol. The Morgan fingerprint density at radius 2 is 1.00 bits per heavy atom. The van der Waals surface area contributed by atoms with Crippen LogP contribution in [0.5, 0.6) is 0 Å². The molecule has 0 aliphatic rings. The fourth-order valence-electron chi connectivity index (χ4n) is 0.760. The SMILES string of the molecule is [H+].[Mg+2].[NH-]C(CCC(=O)[O-])C(=O)[O-].[NH-]C(CCC(=O)[O-])C(=O)[O-]. The number of aliphatic carboxylic acids is 4. The van der Waals surface area contributed by atoms with Crippen molar-refractivity contribution in [3.05, 3.63) is 11.5 Å². The van der Waals surface area contributed by atoms with Crippen LogP contribution in [0.4, 0.5) is 0 Å². The van der Waals surface area contributed by atoms with Crippen LogP contribution in [-0.4, -0.2) is 59.0 Å². The fourth-order valence-corrected chi connectivity index (χ4v) is 0.760. The van der Waals surface area contributed by atoms with Gasteiger partial charge in [-0.25, -0.2) is 0 Å². The first kappa shape index (κ1) is 24.6. The maximum Gasteiger partial charge on any atom is 2.00 e. The first-order valence-electron chi connectivity index (χ1n) is 5.31. The van der Waals surface area contributed by atoms with Crippen LogP contribution in [0.1, 0.15) is 27.1 Å². The summed E-state index contributed by atoms with van der Waals surface area (Å²) in [6, 6.07) is -2.92. The summed E-state index contributed by atoms with van der Waals surface area (Å²) in [4.78, 5) is 39.0. The van der Waals surface area contributed by atoms with Crippen LogP contribution in [0.3, 0.4) is 0 Å². The quantitative estimate of drug-likeness (QED) is 0.395. The molecule has 0 aliphatic heterocycles. The standard InChI is InChI=1S/2C5H8NO4.Mg/c2*6-3(5(9)10)1-2-4(7)8;/h2*3,6H,1-2H2,(H,7,8)(H,9,10);/q2*-1;+2/p-3.